The van der Waals surface area contributed by atoms with Gasteiger partial charge in [0.05, 0.1) is 49.3 Å². The SMILES string of the molecule is CC(C)(C)OC(=O)NC/C(=C\F)Cn1cc(C(=O)NC2CC2)cn1.CC(C)(C)OC(=O)NC/C(=C\F)Cn1cc(C(=O)O)cn1.NC1CC1. The number of aromatic carboxylic acids is 1. The van der Waals surface area contributed by atoms with Crippen molar-refractivity contribution in [3.63, 3.8) is 0 Å². The quantitative estimate of drug-likeness (QED) is 0.227. The standard InChI is InChI=1S/C16H23FN4O3.C13H18FN3O4.C3H7N/c1-16(2,3)24-15(23)18-7-11(6-17)9-21-10-12(8-19-21)14(22)20-13-4-5-13;1-13(2,3)21-12(20)15-5-9(4-14)7-17-8-10(6-16-17)11(18)19;4-3-1-2-3/h6,8,10,13H,4-5,7,9H2,1-3H3,(H,18,23)(H,20,22);4,6,8H,5,7H2,1-3H3,(H,15,20)(H,18,19);3H,1-2,4H2/b11-6+;9-4+;. The molecule has 2 heterocycles. The maximum Gasteiger partial charge on any atom is 0.407 e. The van der Waals surface area contributed by atoms with Crippen molar-refractivity contribution in [2.75, 3.05) is 13.1 Å². The fraction of sp³-hybridized carbons (Fsp3) is 0.562. The third-order valence-corrected chi connectivity index (χ3v) is 6.07. The number of carbonyl (C=O) groups excluding carboxylic acids is 3. The smallest absolute Gasteiger partial charge is 0.407 e. The molecule has 2 fully saturated rings. The van der Waals surface area contributed by atoms with E-state index < -0.39 is 29.4 Å². The van der Waals surface area contributed by atoms with Crippen molar-refractivity contribution < 1.29 is 42.5 Å². The lowest BCUT2D eigenvalue weighted by Gasteiger charge is -2.20. The molecule has 15 nitrogen and oxygen atoms in total. The minimum absolute atomic E-state index is 0.00508. The zero-order chi connectivity index (χ0) is 36.8. The molecule has 2 aliphatic rings. The lowest BCUT2D eigenvalue weighted by atomic mass is 10.2. The zero-order valence-corrected chi connectivity index (χ0v) is 28.8. The molecule has 0 atom stereocenters. The molecule has 6 N–H and O–H groups in total. The van der Waals surface area contributed by atoms with E-state index in [2.05, 4.69) is 26.1 Å². The van der Waals surface area contributed by atoms with E-state index in [4.69, 9.17) is 20.3 Å². The van der Waals surface area contributed by atoms with Crippen LogP contribution in [0.15, 0.2) is 48.6 Å². The highest BCUT2D eigenvalue weighted by atomic mass is 19.1. The first-order chi connectivity index (χ1) is 22.9. The van der Waals surface area contributed by atoms with Gasteiger partial charge in [-0.3, -0.25) is 14.2 Å². The molecular formula is C32H48F2N8O7. The molecule has 272 valence electrons. The van der Waals surface area contributed by atoms with E-state index in [0.717, 1.165) is 12.8 Å². The number of hydrogen-bond acceptors (Lipinski definition) is 9. The van der Waals surface area contributed by atoms with Gasteiger partial charge in [0.15, 0.2) is 0 Å². The van der Waals surface area contributed by atoms with Crippen molar-refractivity contribution in [2.24, 2.45) is 5.73 Å². The van der Waals surface area contributed by atoms with Gasteiger partial charge in [-0.25, -0.2) is 23.2 Å². The minimum atomic E-state index is -1.11. The number of alkyl carbamates (subject to hydrolysis) is 2. The number of rotatable bonds is 11. The highest BCUT2D eigenvalue weighted by molar-refractivity contribution is 5.94. The molecule has 17 heteroatoms. The molecule has 2 aromatic heterocycles. The maximum atomic E-state index is 13.0. The van der Waals surface area contributed by atoms with E-state index >= 15 is 0 Å². The normalized spacial score (nSPS) is 14.7. The number of carboxylic acids is 1. The summed E-state index contributed by atoms with van der Waals surface area (Å²) in [5.74, 6) is -1.29. The van der Waals surface area contributed by atoms with Crippen LogP contribution in [0.5, 0.6) is 0 Å². The maximum absolute atomic E-state index is 13.0. The molecule has 0 unspecified atom stereocenters. The second kappa shape index (κ2) is 18.7. The van der Waals surface area contributed by atoms with Gasteiger partial charge in [0.1, 0.15) is 11.2 Å². The third kappa shape index (κ3) is 18.4. The number of amides is 3. The number of nitrogens with two attached hydrogens (primary N) is 1. The number of nitrogens with zero attached hydrogens (tertiary/aromatic N) is 4. The van der Waals surface area contributed by atoms with Gasteiger partial charge in [-0.15, -0.1) is 0 Å². The fourth-order valence-electron chi connectivity index (χ4n) is 3.39. The van der Waals surface area contributed by atoms with E-state index in [-0.39, 0.29) is 49.3 Å². The van der Waals surface area contributed by atoms with E-state index in [9.17, 15) is 28.0 Å². The molecule has 0 aliphatic heterocycles. The summed E-state index contributed by atoms with van der Waals surface area (Å²) in [6, 6.07) is 0.847. The number of aromatic nitrogens is 4. The Labute approximate surface area is 284 Å². The van der Waals surface area contributed by atoms with Gasteiger partial charge in [-0.2, -0.15) is 10.2 Å². The zero-order valence-electron chi connectivity index (χ0n) is 28.8. The number of carbonyl (C=O) groups is 4. The van der Waals surface area contributed by atoms with Crippen LogP contribution in [0.25, 0.3) is 0 Å². The Morgan fingerprint density at radius 1 is 0.837 bits per heavy atom. The summed E-state index contributed by atoms with van der Waals surface area (Å²) >= 11 is 0. The second-order valence-electron chi connectivity index (χ2n) is 13.5. The van der Waals surface area contributed by atoms with E-state index in [1.807, 2.05) is 0 Å². The number of hydrogen-bond donors (Lipinski definition) is 5. The Hall–Kier alpha value is -4.80. The summed E-state index contributed by atoms with van der Waals surface area (Å²) in [4.78, 5) is 45.6. The summed E-state index contributed by atoms with van der Waals surface area (Å²) in [7, 11) is 0. The number of nitrogens with one attached hydrogen (secondary N) is 3. The van der Waals surface area contributed by atoms with Crippen molar-refractivity contribution in [3.05, 3.63) is 59.7 Å². The molecular weight excluding hydrogens is 646 g/mol. The van der Waals surface area contributed by atoms with Gasteiger partial charge in [0.25, 0.3) is 5.91 Å². The Bertz CT molecular complexity index is 1470. The molecule has 2 aromatic rings. The average molecular weight is 695 g/mol. The molecule has 4 rings (SSSR count). The van der Waals surface area contributed by atoms with Crippen LogP contribution in [0.3, 0.4) is 0 Å². The van der Waals surface area contributed by atoms with Crippen LogP contribution in [0.1, 0.15) is 87.9 Å². The second-order valence-corrected chi connectivity index (χ2v) is 13.5. The Balaban J connectivity index is 0.000000306. The van der Waals surface area contributed by atoms with Gasteiger partial charge in [0, 0.05) is 37.6 Å². The van der Waals surface area contributed by atoms with Crippen LogP contribution < -0.4 is 21.7 Å². The minimum Gasteiger partial charge on any atom is -0.478 e. The van der Waals surface area contributed by atoms with E-state index in [1.54, 1.807) is 47.7 Å². The molecule has 0 bridgehead atoms. The molecule has 0 aromatic carbocycles. The number of carboxylic acid groups (broad SMARTS) is 1. The van der Waals surface area contributed by atoms with Crippen LogP contribution >= 0.6 is 0 Å². The van der Waals surface area contributed by atoms with Gasteiger partial charge in [0.2, 0.25) is 0 Å². The largest absolute Gasteiger partial charge is 0.478 e. The lowest BCUT2D eigenvalue weighted by molar-refractivity contribution is 0.0520. The molecule has 0 spiro atoms. The predicted molar refractivity (Wildman–Crippen MR) is 176 cm³/mol. The van der Waals surface area contributed by atoms with Crippen LogP contribution in [0.2, 0.25) is 0 Å². The number of ether oxygens (including phenoxy) is 2. The summed E-state index contributed by atoms with van der Waals surface area (Å²) in [6.45, 7) is 10.5. The summed E-state index contributed by atoms with van der Waals surface area (Å²) in [6.07, 6.45) is 9.46. The highest BCUT2D eigenvalue weighted by Gasteiger charge is 2.24. The Morgan fingerprint density at radius 3 is 1.57 bits per heavy atom. The van der Waals surface area contributed by atoms with Crippen molar-refractivity contribution in [1.82, 2.24) is 35.5 Å². The van der Waals surface area contributed by atoms with Crippen LogP contribution in [-0.4, -0.2) is 85.1 Å². The molecule has 3 amide bonds. The summed E-state index contributed by atoms with van der Waals surface area (Å²) in [5, 5.41) is 24.4. The topological polar surface area (TPSA) is 205 Å². The van der Waals surface area contributed by atoms with E-state index in [1.165, 1.54) is 40.8 Å². The predicted octanol–water partition coefficient (Wildman–Crippen LogP) is 4.22. The van der Waals surface area contributed by atoms with E-state index in [0.29, 0.717) is 29.8 Å². The molecule has 49 heavy (non-hydrogen) atoms. The van der Waals surface area contributed by atoms with Gasteiger partial charge >= 0.3 is 18.2 Å². The van der Waals surface area contributed by atoms with Crippen LogP contribution in [-0.2, 0) is 22.6 Å². The van der Waals surface area contributed by atoms with Gasteiger partial charge in [-0.05, 0) is 78.4 Å². The lowest BCUT2D eigenvalue weighted by Crippen LogP contribution is -2.34. The van der Waals surface area contributed by atoms with Crippen molar-refractivity contribution in [2.45, 2.75) is 104 Å². The van der Waals surface area contributed by atoms with Crippen molar-refractivity contribution in [1.29, 1.82) is 0 Å². The molecule has 0 saturated heterocycles. The van der Waals surface area contributed by atoms with Crippen LogP contribution in [0, 0.1) is 0 Å². The van der Waals surface area contributed by atoms with Gasteiger partial charge in [-0.1, -0.05) is 0 Å². The monoisotopic (exact) mass is 694 g/mol. The summed E-state index contributed by atoms with van der Waals surface area (Å²) < 4.78 is 38.6. The first kappa shape index (κ1) is 40.4. The van der Waals surface area contributed by atoms with Crippen molar-refractivity contribution >= 4 is 24.1 Å². The number of halogens is 2. The third-order valence-electron chi connectivity index (χ3n) is 6.07. The van der Waals surface area contributed by atoms with Gasteiger partial charge < -0.3 is 36.3 Å². The molecule has 2 aliphatic carbocycles. The Kier molecular flexibility index (Phi) is 15.4. The highest BCUT2D eigenvalue weighted by Crippen LogP contribution is 2.19. The fourth-order valence-corrected chi connectivity index (χ4v) is 3.39. The first-order valence-corrected chi connectivity index (χ1v) is 15.7. The Morgan fingerprint density at radius 2 is 1.24 bits per heavy atom. The van der Waals surface area contributed by atoms with Crippen LogP contribution in [0.4, 0.5) is 18.4 Å². The molecule has 0 radical (unpaired) electrons. The summed E-state index contributed by atoms with van der Waals surface area (Å²) in [5.41, 5.74) is 4.94. The van der Waals surface area contributed by atoms with Crippen molar-refractivity contribution in [3.8, 4) is 0 Å². The average Bonchev–Trinajstić information content (AvgIpc) is 3.87. The molecule has 2 saturated carbocycles. The first-order valence-electron chi connectivity index (χ1n) is 15.7.